The van der Waals surface area contributed by atoms with Gasteiger partial charge in [0.25, 0.3) is 0 Å². The van der Waals surface area contributed by atoms with Crippen LogP contribution in [0.15, 0.2) is 72.1 Å². The average molecular weight is 322 g/mol. The van der Waals surface area contributed by atoms with Crippen LogP contribution in [0, 0.1) is 5.41 Å². The molecule has 2 heteroatoms. The quantitative estimate of drug-likeness (QED) is 0.441. The van der Waals surface area contributed by atoms with Gasteiger partial charge in [-0.1, -0.05) is 89.3 Å². The number of benzene rings is 1. The fraction of sp³-hybridized carbons (Fsp3) is 0.318. The Kier molecular flexibility index (Phi) is 4.98. The van der Waals surface area contributed by atoms with Gasteiger partial charge in [-0.2, -0.15) is 0 Å². The molecule has 1 aromatic rings. The minimum absolute atomic E-state index is 0.0153. The van der Waals surface area contributed by atoms with Gasteiger partial charge in [0.1, 0.15) is 5.76 Å². The van der Waals surface area contributed by atoms with E-state index >= 15 is 0 Å². The van der Waals surface area contributed by atoms with Crippen LogP contribution >= 0.6 is 0 Å². The van der Waals surface area contributed by atoms with Crippen LogP contribution in [0.2, 0.25) is 0 Å². The summed E-state index contributed by atoms with van der Waals surface area (Å²) >= 11 is 0. The molecule has 0 fully saturated rings. The van der Waals surface area contributed by atoms with E-state index in [0.29, 0.717) is 11.1 Å². The van der Waals surface area contributed by atoms with Gasteiger partial charge in [0.2, 0.25) is 0 Å². The van der Waals surface area contributed by atoms with Gasteiger partial charge in [0.05, 0.1) is 0 Å². The van der Waals surface area contributed by atoms with Gasteiger partial charge in [-0.05, 0) is 11.0 Å². The second kappa shape index (κ2) is 6.64. The first-order valence-electron chi connectivity index (χ1n) is 8.23. The number of carbonyl (C=O) groups is 1. The summed E-state index contributed by atoms with van der Waals surface area (Å²) < 4.78 is 0. The highest BCUT2D eigenvalue weighted by Gasteiger charge is 2.15. The number of allylic oxidation sites excluding steroid dienone is 6. The highest BCUT2D eigenvalue weighted by Crippen LogP contribution is 2.25. The molecule has 1 aromatic carbocycles. The summed E-state index contributed by atoms with van der Waals surface area (Å²) in [7, 11) is 0. The molecule has 1 aliphatic carbocycles. The molecule has 0 aliphatic heterocycles. The van der Waals surface area contributed by atoms with Gasteiger partial charge < -0.3 is 5.11 Å². The van der Waals surface area contributed by atoms with Gasteiger partial charge in [-0.25, -0.2) is 0 Å². The Morgan fingerprint density at radius 2 is 1.71 bits per heavy atom. The molecule has 1 aliphatic rings. The van der Waals surface area contributed by atoms with Crippen LogP contribution < -0.4 is 0 Å². The molecule has 126 valence electrons. The van der Waals surface area contributed by atoms with Crippen molar-refractivity contribution >= 4 is 5.78 Å². The van der Waals surface area contributed by atoms with Crippen molar-refractivity contribution in [2.45, 2.75) is 40.0 Å². The first kappa shape index (κ1) is 18.0. The number of carbonyl (C=O) groups excluding carboxylic acids is 1. The number of ketones is 1. The maximum Gasteiger partial charge on any atom is 0.189 e. The van der Waals surface area contributed by atoms with Gasteiger partial charge in [-0.3, -0.25) is 4.79 Å². The Morgan fingerprint density at radius 1 is 1.08 bits per heavy atom. The van der Waals surface area contributed by atoms with E-state index in [4.69, 9.17) is 0 Å². The van der Waals surface area contributed by atoms with E-state index in [1.807, 2.05) is 48.6 Å². The maximum atomic E-state index is 12.4. The Balaban J connectivity index is 2.20. The largest absolute Gasteiger partial charge is 0.507 e. The molecule has 0 aromatic heterocycles. The summed E-state index contributed by atoms with van der Waals surface area (Å²) in [6, 6.07) is 7.56. The fourth-order valence-corrected chi connectivity index (χ4v) is 2.41. The summed E-state index contributed by atoms with van der Waals surface area (Å²) in [4.78, 5) is 12.4. The zero-order valence-electron chi connectivity index (χ0n) is 15.1. The topological polar surface area (TPSA) is 37.3 Å². The number of hydrogen-bond donors (Lipinski definition) is 1. The standard InChI is InChI=1S/C22H26O2/c1-21(2,3)18-10-8-17(9-11-18)20(24)15-19(23)16-7-6-13-22(4,5)14-12-16/h6-15,23H,1-5H3. The van der Waals surface area contributed by atoms with E-state index < -0.39 is 0 Å². The number of hydrogen-bond acceptors (Lipinski definition) is 2. The lowest BCUT2D eigenvalue weighted by Gasteiger charge is -2.18. The Labute approximate surface area is 144 Å². The zero-order chi connectivity index (χ0) is 18.0. The second-order valence-corrected chi connectivity index (χ2v) is 7.86. The molecule has 2 nitrogen and oxygen atoms in total. The van der Waals surface area contributed by atoms with Crippen LogP contribution in [0.4, 0.5) is 0 Å². The Bertz CT molecular complexity index is 733. The molecule has 0 radical (unpaired) electrons. The van der Waals surface area contributed by atoms with Crippen molar-refractivity contribution in [1.29, 1.82) is 0 Å². The molecule has 2 rings (SSSR count). The van der Waals surface area contributed by atoms with Crippen molar-refractivity contribution in [3.8, 4) is 0 Å². The van der Waals surface area contributed by atoms with Gasteiger partial charge in [0.15, 0.2) is 5.78 Å². The third-order valence-electron chi connectivity index (χ3n) is 4.09. The molecule has 0 unspecified atom stereocenters. The summed E-state index contributed by atoms with van der Waals surface area (Å²) in [5.74, 6) is -0.215. The van der Waals surface area contributed by atoms with Crippen molar-refractivity contribution in [3.05, 3.63) is 83.2 Å². The molecule has 0 spiro atoms. The molecule has 0 saturated heterocycles. The fourth-order valence-electron chi connectivity index (χ4n) is 2.41. The van der Waals surface area contributed by atoms with Crippen LogP contribution in [0.25, 0.3) is 0 Å². The first-order valence-corrected chi connectivity index (χ1v) is 8.23. The van der Waals surface area contributed by atoms with Gasteiger partial charge in [0, 0.05) is 22.6 Å². The summed E-state index contributed by atoms with van der Waals surface area (Å²) in [5, 5.41) is 10.3. The molecule has 0 amide bonds. The van der Waals surface area contributed by atoms with Gasteiger partial charge in [-0.15, -0.1) is 0 Å². The first-order chi connectivity index (χ1) is 11.1. The maximum absolute atomic E-state index is 12.4. The lowest BCUT2D eigenvalue weighted by atomic mass is 9.86. The highest BCUT2D eigenvalue weighted by molar-refractivity contribution is 6.05. The number of aliphatic hydroxyl groups is 1. The normalized spacial score (nSPS) is 17.4. The zero-order valence-corrected chi connectivity index (χ0v) is 15.1. The smallest absolute Gasteiger partial charge is 0.189 e. The van der Waals surface area contributed by atoms with E-state index in [0.717, 1.165) is 0 Å². The van der Waals surface area contributed by atoms with Gasteiger partial charge >= 0.3 is 0 Å². The summed E-state index contributed by atoms with van der Waals surface area (Å²) in [6.45, 7) is 10.6. The Morgan fingerprint density at radius 3 is 2.29 bits per heavy atom. The van der Waals surface area contributed by atoms with E-state index in [1.54, 1.807) is 0 Å². The van der Waals surface area contributed by atoms with Crippen molar-refractivity contribution in [2.75, 3.05) is 0 Å². The minimum Gasteiger partial charge on any atom is -0.507 e. The molecular weight excluding hydrogens is 296 g/mol. The van der Waals surface area contributed by atoms with Crippen molar-refractivity contribution in [2.24, 2.45) is 5.41 Å². The molecular formula is C22H26O2. The molecule has 0 bridgehead atoms. The van der Waals surface area contributed by atoms with Crippen molar-refractivity contribution in [3.63, 3.8) is 0 Å². The van der Waals surface area contributed by atoms with Crippen LogP contribution in [-0.4, -0.2) is 10.9 Å². The molecule has 0 heterocycles. The summed E-state index contributed by atoms with van der Waals surface area (Å²) in [6.07, 6.45) is 10.9. The molecule has 1 N–H and O–H groups in total. The third-order valence-corrected chi connectivity index (χ3v) is 4.09. The number of aliphatic hydroxyl groups excluding tert-OH is 1. The lowest BCUT2D eigenvalue weighted by molar-refractivity contribution is 0.104. The average Bonchev–Trinajstić information content (AvgIpc) is 2.67. The second-order valence-electron chi connectivity index (χ2n) is 7.86. The molecule has 24 heavy (non-hydrogen) atoms. The van der Waals surface area contributed by atoms with Crippen LogP contribution in [-0.2, 0) is 5.41 Å². The van der Waals surface area contributed by atoms with Crippen LogP contribution in [0.5, 0.6) is 0 Å². The minimum atomic E-state index is -0.199. The number of rotatable bonds is 3. The predicted molar refractivity (Wildman–Crippen MR) is 100 cm³/mol. The van der Waals surface area contributed by atoms with Crippen LogP contribution in [0.1, 0.15) is 50.5 Å². The Hall–Kier alpha value is -2.35. The van der Waals surface area contributed by atoms with E-state index in [9.17, 15) is 9.90 Å². The highest BCUT2D eigenvalue weighted by atomic mass is 16.3. The molecule has 0 saturated carbocycles. The van der Waals surface area contributed by atoms with Crippen molar-refractivity contribution in [1.82, 2.24) is 0 Å². The van der Waals surface area contributed by atoms with E-state index in [1.165, 1.54) is 11.6 Å². The van der Waals surface area contributed by atoms with E-state index in [2.05, 4.69) is 40.7 Å². The monoisotopic (exact) mass is 322 g/mol. The van der Waals surface area contributed by atoms with Crippen molar-refractivity contribution < 1.29 is 9.90 Å². The third kappa shape index (κ3) is 4.58. The SMILES string of the molecule is CC1(C)C=CC=C(C(O)=CC(=O)c2ccc(C(C)(C)C)cc2)C=C1. The summed E-state index contributed by atoms with van der Waals surface area (Å²) in [5.41, 5.74) is 2.37. The lowest BCUT2D eigenvalue weighted by Crippen LogP contribution is -2.11. The van der Waals surface area contributed by atoms with Crippen LogP contribution in [0.3, 0.4) is 0 Å². The predicted octanol–water partition coefficient (Wildman–Crippen LogP) is 5.69. The van der Waals surface area contributed by atoms with E-state index in [-0.39, 0.29) is 22.4 Å². The molecule has 0 atom stereocenters.